The Hall–Kier alpha value is -1.86. The SMILES string of the molecule is CCC(CC(F)(F)F)Nc1ncnc2c1cnn2C. The topological polar surface area (TPSA) is 55.6 Å². The van der Waals surface area contributed by atoms with Gasteiger partial charge in [-0.1, -0.05) is 6.92 Å². The number of anilines is 1. The predicted molar refractivity (Wildman–Crippen MR) is 64.7 cm³/mol. The Morgan fingerprint density at radius 2 is 2.11 bits per heavy atom. The minimum Gasteiger partial charge on any atom is -0.366 e. The van der Waals surface area contributed by atoms with Crippen LogP contribution in [-0.2, 0) is 7.05 Å². The maximum atomic E-state index is 12.4. The molecule has 2 aromatic rings. The van der Waals surface area contributed by atoms with Crippen LogP contribution in [0.3, 0.4) is 0 Å². The summed E-state index contributed by atoms with van der Waals surface area (Å²) in [5, 5.41) is 7.45. The van der Waals surface area contributed by atoms with Crippen molar-refractivity contribution in [3.63, 3.8) is 0 Å². The molecule has 0 bridgehead atoms. The minimum absolute atomic E-state index is 0.352. The van der Waals surface area contributed by atoms with Gasteiger partial charge in [-0.3, -0.25) is 4.68 Å². The number of hydrogen-bond acceptors (Lipinski definition) is 4. The Kier molecular flexibility index (Phi) is 3.59. The third-order valence-corrected chi connectivity index (χ3v) is 2.84. The summed E-state index contributed by atoms with van der Waals surface area (Å²) in [6.45, 7) is 1.70. The molecular weight excluding hydrogens is 259 g/mol. The van der Waals surface area contributed by atoms with Crippen LogP contribution in [0.25, 0.3) is 11.0 Å². The number of nitrogens with zero attached hydrogens (tertiary/aromatic N) is 4. The number of aryl methyl sites for hydroxylation is 1. The first-order valence-corrected chi connectivity index (χ1v) is 5.86. The van der Waals surface area contributed by atoms with Gasteiger partial charge in [0.25, 0.3) is 0 Å². The average Bonchev–Trinajstić information content (AvgIpc) is 2.70. The molecule has 1 N–H and O–H groups in total. The van der Waals surface area contributed by atoms with Crippen molar-refractivity contribution >= 4 is 16.9 Å². The largest absolute Gasteiger partial charge is 0.391 e. The summed E-state index contributed by atoms with van der Waals surface area (Å²) in [6, 6.07) is -0.710. The fourth-order valence-corrected chi connectivity index (χ4v) is 1.85. The summed E-state index contributed by atoms with van der Waals surface area (Å²) in [5.41, 5.74) is 0.583. The average molecular weight is 273 g/mol. The monoisotopic (exact) mass is 273 g/mol. The second-order valence-corrected chi connectivity index (χ2v) is 4.30. The lowest BCUT2D eigenvalue weighted by Gasteiger charge is -2.19. The Morgan fingerprint density at radius 3 is 2.74 bits per heavy atom. The molecule has 0 aliphatic rings. The van der Waals surface area contributed by atoms with E-state index in [1.807, 2.05) is 0 Å². The number of aromatic nitrogens is 4. The van der Waals surface area contributed by atoms with Gasteiger partial charge in [0.15, 0.2) is 5.65 Å². The zero-order valence-corrected chi connectivity index (χ0v) is 10.6. The van der Waals surface area contributed by atoms with Gasteiger partial charge in [0, 0.05) is 13.1 Å². The van der Waals surface area contributed by atoms with Crippen LogP contribution in [0.1, 0.15) is 19.8 Å². The van der Waals surface area contributed by atoms with E-state index in [1.165, 1.54) is 12.5 Å². The molecule has 2 heterocycles. The van der Waals surface area contributed by atoms with E-state index in [9.17, 15) is 13.2 Å². The van der Waals surface area contributed by atoms with Gasteiger partial charge in [0.1, 0.15) is 12.1 Å². The lowest BCUT2D eigenvalue weighted by Crippen LogP contribution is -2.26. The fraction of sp³-hybridized carbons (Fsp3) is 0.545. The van der Waals surface area contributed by atoms with Crippen molar-refractivity contribution in [1.82, 2.24) is 19.7 Å². The lowest BCUT2D eigenvalue weighted by atomic mass is 10.1. The molecule has 0 radical (unpaired) electrons. The molecule has 0 saturated heterocycles. The first kappa shape index (κ1) is 13.6. The summed E-state index contributed by atoms with van der Waals surface area (Å²) in [7, 11) is 1.71. The van der Waals surface area contributed by atoms with E-state index in [4.69, 9.17) is 0 Å². The first-order valence-electron chi connectivity index (χ1n) is 5.86. The summed E-state index contributed by atoms with van der Waals surface area (Å²) < 4.78 is 38.8. The molecule has 0 aliphatic carbocycles. The molecule has 0 saturated carbocycles. The normalized spacial score (nSPS) is 13.7. The highest BCUT2D eigenvalue weighted by Crippen LogP contribution is 2.26. The molecule has 8 heteroatoms. The van der Waals surface area contributed by atoms with E-state index in [0.717, 1.165) is 0 Å². The quantitative estimate of drug-likeness (QED) is 0.930. The number of rotatable bonds is 4. The van der Waals surface area contributed by atoms with Crippen molar-refractivity contribution in [2.45, 2.75) is 32.0 Å². The fourth-order valence-electron chi connectivity index (χ4n) is 1.85. The van der Waals surface area contributed by atoms with Gasteiger partial charge in [-0.05, 0) is 6.42 Å². The molecule has 0 amide bonds. The van der Waals surface area contributed by atoms with Crippen molar-refractivity contribution < 1.29 is 13.2 Å². The molecule has 0 fully saturated rings. The summed E-state index contributed by atoms with van der Waals surface area (Å²) in [5.74, 6) is 0.384. The molecule has 2 rings (SSSR count). The predicted octanol–water partition coefficient (Wildman–Crippen LogP) is 2.51. The van der Waals surface area contributed by atoms with Crippen LogP contribution in [0.5, 0.6) is 0 Å². The van der Waals surface area contributed by atoms with E-state index in [0.29, 0.717) is 23.3 Å². The molecule has 5 nitrogen and oxygen atoms in total. The van der Waals surface area contributed by atoms with Crippen molar-refractivity contribution in [1.29, 1.82) is 0 Å². The minimum atomic E-state index is -4.20. The molecule has 2 aromatic heterocycles. The van der Waals surface area contributed by atoms with E-state index >= 15 is 0 Å². The molecule has 0 aromatic carbocycles. The van der Waals surface area contributed by atoms with Crippen molar-refractivity contribution in [3.8, 4) is 0 Å². The Balaban J connectivity index is 2.24. The van der Waals surface area contributed by atoms with Crippen molar-refractivity contribution in [2.75, 3.05) is 5.32 Å². The van der Waals surface area contributed by atoms with Crippen molar-refractivity contribution in [3.05, 3.63) is 12.5 Å². The lowest BCUT2D eigenvalue weighted by molar-refractivity contribution is -0.137. The van der Waals surface area contributed by atoms with Crippen LogP contribution in [0.4, 0.5) is 19.0 Å². The molecule has 1 unspecified atom stereocenters. The molecule has 1 atom stereocenters. The maximum absolute atomic E-state index is 12.4. The first-order chi connectivity index (χ1) is 8.90. The molecular formula is C11H14F3N5. The summed E-state index contributed by atoms with van der Waals surface area (Å²) in [6.07, 6.45) is -1.89. The molecule has 104 valence electrons. The summed E-state index contributed by atoms with van der Waals surface area (Å²) in [4.78, 5) is 8.03. The van der Waals surface area contributed by atoms with E-state index in [1.54, 1.807) is 18.7 Å². The molecule has 0 aliphatic heterocycles. The third kappa shape index (κ3) is 3.12. The van der Waals surface area contributed by atoms with Crippen molar-refractivity contribution in [2.24, 2.45) is 7.05 Å². The zero-order chi connectivity index (χ0) is 14.0. The van der Waals surface area contributed by atoms with Crippen LogP contribution in [-0.4, -0.2) is 32.0 Å². The number of nitrogens with one attached hydrogen (secondary N) is 1. The highest BCUT2D eigenvalue weighted by atomic mass is 19.4. The molecule has 0 spiro atoms. The summed E-state index contributed by atoms with van der Waals surface area (Å²) >= 11 is 0. The smallest absolute Gasteiger partial charge is 0.366 e. The van der Waals surface area contributed by atoms with Gasteiger partial charge in [0.05, 0.1) is 18.0 Å². The Bertz CT molecular complexity index is 563. The number of alkyl halides is 3. The number of fused-ring (bicyclic) bond motifs is 1. The maximum Gasteiger partial charge on any atom is 0.391 e. The van der Waals surface area contributed by atoms with Gasteiger partial charge < -0.3 is 5.32 Å². The van der Waals surface area contributed by atoms with E-state index < -0.39 is 18.6 Å². The van der Waals surface area contributed by atoms with Crippen LogP contribution in [0.2, 0.25) is 0 Å². The van der Waals surface area contributed by atoms with Crippen LogP contribution >= 0.6 is 0 Å². The van der Waals surface area contributed by atoms with Crippen LogP contribution < -0.4 is 5.32 Å². The van der Waals surface area contributed by atoms with E-state index in [2.05, 4.69) is 20.4 Å². The van der Waals surface area contributed by atoms with Gasteiger partial charge in [-0.25, -0.2) is 9.97 Å². The zero-order valence-electron chi connectivity index (χ0n) is 10.6. The second kappa shape index (κ2) is 5.02. The van der Waals surface area contributed by atoms with Gasteiger partial charge in [-0.15, -0.1) is 0 Å². The van der Waals surface area contributed by atoms with Gasteiger partial charge in [-0.2, -0.15) is 18.3 Å². The highest BCUT2D eigenvalue weighted by molar-refractivity contribution is 5.86. The molecule has 19 heavy (non-hydrogen) atoms. The second-order valence-electron chi connectivity index (χ2n) is 4.30. The van der Waals surface area contributed by atoms with E-state index in [-0.39, 0.29) is 0 Å². The Morgan fingerprint density at radius 1 is 1.37 bits per heavy atom. The van der Waals surface area contributed by atoms with Gasteiger partial charge >= 0.3 is 6.18 Å². The Labute approximate surface area is 107 Å². The highest BCUT2D eigenvalue weighted by Gasteiger charge is 2.31. The number of hydrogen-bond donors (Lipinski definition) is 1. The van der Waals surface area contributed by atoms with Crippen LogP contribution in [0.15, 0.2) is 12.5 Å². The van der Waals surface area contributed by atoms with Crippen LogP contribution in [0, 0.1) is 0 Å². The van der Waals surface area contributed by atoms with Gasteiger partial charge in [0.2, 0.25) is 0 Å². The number of halogens is 3. The third-order valence-electron chi connectivity index (χ3n) is 2.84. The standard InChI is InChI=1S/C11H14F3N5/c1-3-7(4-11(12,13)14)18-9-8-5-17-19(2)10(8)16-6-15-9/h5-7H,3-4H2,1-2H3,(H,15,16,18).